The molecular formula is C23H36IN7. The van der Waals surface area contributed by atoms with Gasteiger partial charge in [0.1, 0.15) is 12.4 Å². The van der Waals surface area contributed by atoms with E-state index in [0.717, 1.165) is 37.2 Å². The fraction of sp³-hybridized carbons (Fsp3) is 0.609. The van der Waals surface area contributed by atoms with Crippen LogP contribution in [0.4, 0.5) is 0 Å². The minimum Gasteiger partial charge on any atom is -0.356 e. The molecule has 1 aliphatic carbocycles. The summed E-state index contributed by atoms with van der Waals surface area (Å²) in [6.45, 7) is 8.89. The van der Waals surface area contributed by atoms with Crippen LogP contribution in [0.5, 0.6) is 0 Å². The van der Waals surface area contributed by atoms with Gasteiger partial charge in [0.2, 0.25) is 0 Å². The lowest BCUT2D eigenvalue weighted by Gasteiger charge is -2.25. The van der Waals surface area contributed by atoms with Crippen LogP contribution in [-0.4, -0.2) is 57.8 Å². The van der Waals surface area contributed by atoms with Gasteiger partial charge >= 0.3 is 0 Å². The molecule has 1 atom stereocenters. The summed E-state index contributed by atoms with van der Waals surface area (Å²) >= 11 is 0. The molecule has 2 heterocycles. The molecule has 1 saturated heterocycles. The molecule has 1 aromatic heterocycles. The second-order valence-corrected chi connectivity index (χ2v) is 8.69. The molecule has 0 spiro atoms. The van der Waals surface area contributed by atoms with Crippen molar-refractivity contribution in [1.82, 2.24) is 30.3 Å². The first-order chi connectivity index (χ1) is 14.6. The summed E-state index contributed by atoms with van der Waals surface area (Å²) in [7, 11) is 1.99. The Morgan fingerprint density at radius 3 is 2.61 bits per heavy atom. The summed E-state index contributed by atoms with van der Waals surface area (Å²) in [5, 5.41) is 15.7. The molecule has 8 heteroatoms. The minimum absolute atomic E-state index is 0. The number of halogens is 1. The van der Waals surface area contributed by atoms with Crippen molar-refractivity contribution in [2.24, 2.45) is 12.0 Å². The number of rotatable bonds is 8. The smallest absolute Gasteiger partial charge is 0.191 e. The normalized spacial score (nSPS) is 20.4. The Morgan fingerprint density at radius 1 is 1.19 bits per heavy atom. The van der Waals surface area contributed by atoms with Crippen molar-refractivity contribution in [3.8, 4) is 0 Å². The molecular weight excluding hydrogens is 501 g/mol. The van der Waals surface area contributed by atoms with Crippen LogP contribution >= 0.6 is 24.0 Å². The number of aryl methyl sites for hydroxylation is 1. The molecule has 2 N–H and O–H groups in total. The van der Waals surface area contributed by atoms with Crippen LogP contribution in [-0.2, 0) is 19.0 Å². The summed E-state index contributed by atoms with van der Waals surface area (Å²) in [6, 6.07) is 11.4. The molecule has 2 fully saturated rings. The highest BCUT2D eigenvalue weighted by atomic mass is 127. The van der Waals surface area contributed by atoms with Crippen LogP contribution in [0.1, 0.15) is 49.8 Å². The van der Waals surface area contributed by atoms with Crippen molar-refractivity contribution >= 4 is 29.9 Å². The highest BCUT2D eigenvalue weighted by molar-refractivity contribution is 14.0. The van der Waals surface area contributed by atoms with Gasteiger partial charge in [-0.3, -0.25) is 4.90 Å². The fourth-order valence-electron chi connectivity index (χ4n) is 4.43. The second kappa shape index (κ2) is 10.8. The van der Waals surface area contributed by atoms with Gasteiger partial charge in [-0.2, -0.15) is 0 Å². The Morgan fingerprint density at radius 2 is 1.97 bits per heavy atom. The van der Waals surface area contributed by atoms with Gasteiger partial charge in [0.15, 0.2) is 11.8 Å². The number of aromatic nitrogens is 3. The molecule has 0 bridgehead atoms. The number of aliphatic imine (C=N–C) groups is 1. The number of hydrogen-bond acceptors (Lipinski definition) is 4. The van der Waals surface area contributed by atoms with Crippen molar-refractivity contribution in [2.75, 3.05) is 26.2 Å². The number of nitrogens with zero attached hydrogens (tertiary/aromatic N) is 5. The highest BCUT2D eigenvalue weighted by Gasteiger charge is 2.44. The van der Waals surface area contributed by atoms with Crippen LogP contribution in [0, 0.1) is 6.92 Å². The maximum atomic E-state index is 4.86. The molecule has 31 heavy (non-hydrogen) atoms. The van der Waals surface area contributed by atoms with E-state index >= 15 is 0 Å². The van der Waals surface area contributed by atoms with Crippen LogP contribution in [0.2, 0.25) is 0 Å². The SMILES string of the molecule is CCN1CCCC1CNC(=NCc1nnc(C)n1C)NCC1(c2ccccc2)CC1.I. The lowest BCUT2D eigenvalue weighted by molar-refractivity contribution is 0.267. The zero-order valence-corrected chi connectivity index (χ0v) is 21.3. The van der Waals surface area contributed by atoms with Crippen molar-refractivity contribution in [3.63, 3.8) is 0 Å². The first-order valence-corrected chi connectivity index (χ1v) is 11.3. The van der Waals surface area contributed by atoms with E-state index in [0.29, 0.717) is 12.6 Å². The number of likely N-dealkylation sites (N-methyl/N-ethyl adjacent to an activating group) is 1. The third-order valence-corrected chi connectivity index (χ3v) is 6.81. The van der Waals surface area contributed by atoms with E-state index in [2.05, 4.69) is 63.0 Å². The molecule has 0 radical (unpaired) electrons. The number of nitrogens with one attached hydrogen (secondary N) is 2. The fourth-order valence-corrected chi connectivity index (χ4v) is 4.43. The predicted octanol–water partition coefficient (Wildman–Crippen LogP) is 2.99. The average Bonchev–Trinajstić information content (AvgIpc) is 3.32. The van der Waals surface area contributed by atoms with Crippen LogP contribution in [0.25, 0.3) is 0 Å². The van der Waals surface area contributed by atoms with Crippen LogP contribution in [0.15, 0.2) is 35.3 Å². The Kier molecular flexibility index (Phi) is 8.32. The Balaban J connectivity index is 0.00000272. The standard InChI is InChI=1S/C23H35N7.HI/c1-4-30-14-8-11-20(30)15-24-22(25-16-21-28-27-18(2)29(21)3)26-17-23(12-13-23)19-9-6-5-7-10-19;/h5-7,9-10,20H,4,8,11-17H2,1-3H3,(H2,24,25,26);1H. The van der Waals surface area contributed by atoms with Gasteiger partial charge in [0.05, 0.1) is 0 Å². The molecule has 0 amide bonds. The van der Waals surface area contributed by atoms with Gasteiger partial charge in [0.25, 0.3) is 0 Å². The Labute approximate surface area is 203 Å². The maximum absolute atomic E-state index is 4.86. The van der Waals surface area contributed by atoms with Gasteiger partial charge in [-0.1, -0.05) is 37.3 Å². The van der Waals surface area contributed by atoms with Crippen molar-refractivity contribution in [2.45, 2.75) is 57.5 Å². The third kappa shape index (κ3) is 5.77. The van der Waals surface area contributed by atoms with E-state index in [9.17, 15) is 0 Å². The van der Waals surface area contributed by atoms with Gasteiger partial charge < -0.3 is 15.2 Å². The number of benzene rings is 1. The summed E-state index contributed by atoms with van der Waals surface area (Å²) < 4.78 is 2.00. The van der Waals surface area contributed by atoms with E-state index in [1.54, 1.807) is 0 Å². The van der Waals surface area contributed by atoms with Crippen molar-refractivity contribution in [1.29, 1.82) is 0 Å². The Bertz CT molecular complexity index is 860. The summed E-state index contributed by atoms with van der Waals surface area (Å²) in [6.07, 6.45) is 5.00. The highest BCUT2D eigenvalue weighted by Crippen LogP contribution is 2.47. The van der Waals surface area contributed by atoms with Gasteiger partial charge in [-0.15, -0.1) is 34.2 Å². The molecule has 2 aliphatic rings. The number of guanidine groups is 1. The van der Waals surface area contributed by atoms with Crippen LogP contribution < -0.4 is 10.6 Å². The maximum Gasteiger partial charge on any atom is 0.191 e. The van der Waals surface area contributed by atoms with Crippen molar-refractivity contribution in [3.05, 3.63) is 47.5 Å². The number of likely N-dealkylation sites (tertiary alicyclic amines) is 1. The molecule has 1 aliphatic heterocycles. The monoisotopic (exact) mass is 537 g/mol. The zero-order chi connectivity index (χ0) is 21.0. The van der Waals surface area contributed by atoms with E-state index in [1.807, 2.05) is 18.5 Å². The zero-order valence-electron chi connectivity index (χ0n) is 19.0. The summed E-state index contributed by atoms with van der Waals surface area (Å²) in [5.41, 5.74) is 1.67. The lowest BCUT2D eigenvalue weighted by atomic mass is 9.96. The van der Waals surface area contributed by atoms with E-state index in [4.69, 9.17) is 4.99 Å². The molecule has 1 saturated carbocycles. The first-order valence-electron chi connectivity index (χ1n) is 11.3. The predicted molar refractivity (Wildman–Crippen MR) is 136 cm³/mol. The van der Waals surface area contributed by atoms with Crippen LogP contribution in [0.3, 0.4) is 0 Å². The number of hydrogen-bond donors (Lipinski definition) is 2. The molecule has 1 unspecified atom stereocenters. The van der Waals surface area contributed by atoms with E-state index in [-0.39, 0.29) is 29.4 Å². The largest absolute Gasteiger partial charge is 0.356 e. The van der Waals surface area contributed by atoms with E-state index in [1.165, 1.54) is 37.8 Å². The second-order valence-electron chi connectivity index (χ2n) is 8.69. The van der Waals surface area contributed by atoms with Crippen molar-refractivity contribution < 1.29 is 0 Å². The summed E-state index contributed by atoms with van der Waals surface area (Å²) in [4.78, 5) is 7.42. The first kappa shape index (κ1) is 24.0. The molecule has 4 rings (SSSR count). The van der Waals surface area contributed by atoms with Gasteiger partial charge in [0, 0.05) is 31.6 Å². The molecule has 1 aromatic carbocycles. The molecule has 2 aromatic rings. The topological polar surface area (TPSA) is 70.4 Å². The lowest BCUT2D eigenvalue weighted by Crippen LogP contribution is -2.46. The average molecular weight is 537 g/mol. The van der Waals surface area contributed by atoms with Gasteiger partial charge in [-0.05, 0) is 51.3 Å². The Hall–Kier alpha value is -1.68. The van der Waals surface area contributed by atoms with E-state index < -0.39 is 0 Å². The third-order valence-electron chi connectivity index (χ3n) is 6.81. The molecule has 170 valence electrons. The van der Waals surface area contributed by atoms with Gasteiger partial charge in [-0.25, -0.2) is 4.99 Å². The quantitative estimate of drug-likeness (QED) is 0.308. The minimum atomic E-state index is 0. The molecule has 7 nitrogen and oxygen atoms in total. The summed E-state index contributed by atoms with van der Waals surface area (Å²) in [5.74, 6) is 2.67.